The van der Waals surface area contributed by atoms with Crippen LogP contribution in [0.15, 0.2) is 65.5 Å². The van der Waals surface area contributed by atoms with Gasteiger partial charge in [-0.15, -0.1) is 0 Å². The Kier molecular flexibility index (Phi) is 5.72. The van der Waals surface area contributed by atoms with E-state index < -0.39 is 6.04 Å². The fourth-order valence-electron chi connectivity index (χ4n) is 2.66. The second-order valence-corrected chi connectivity index (χ2v) is 6.76. The summed E-state index contributed by atoms with van der Waals surface area (Å²) in [6, 6.07) is 17.5. The first-order valence-electron chi connectivity index (χ1n) is 8.64. The van der Waals surface area contributed by atoms with Crippen LogP contribution in [0.1, 0.15) is 24.1 Å². The Morgan fingerprint density at radius 3 is 2.52 bits per heavy atom. The predicted octanol–water partition coefficient (Wildman–Crippen LogP) is 3.75. The summed E-state index contributed by atoms with van der Waals surface area (Å²) in [6.45, 7) is 3.94. The molecule has 5 nitrogen and oxygen atoms in total. The van der Waals surface area contributed by atoms with E-state index >= 15 is 0 Å². The SMILES string of the molecule is Cc1ccc(-c2ccc(=O)n([C@H](C)C(=O)NCc3ccccc3Cl)n2)cc1. The van der Waals surface area contributed by atoms with Gasteiger partial charge in [-0.1, -0.05) is 59.6 Å². The fourth-order valence-corrected chi connectivity index (χ4v) is 2.87. The third-order valence-corrected chi connectivity index (χ3v) is 4.70. The van der Waals surface area contributed by atoms with Crippen LogP contribution in [0.25, 0.3) is 11.3 Å². The number of aromatic nitrogens is 2. The van der Waals surface area contributed by atoms with E-state index in [0.717, 1.165) is 16.7 Å². The van der Waals surface area contributed by atoms with E-state index in [9.17, 15) is 9.59 Å². The van der Waals surface area contributed by atoms with Gasteiger partial charge in [-0.2, -0.15) is 5.10 Å². The Morgan fingerprint density at radius 2 is 1.81 bits per heavy atom. The van der Waals surface area contributed by atoms with Crippen molar-refractivity contribution in [1.82, 2.24) is 15.1 Å². The molecule has 1 amide bonds. The molecule has 0 bridgehead atoms. The summed E-state index contributed by atoms with van der Waals surface area (Å²) in [7, 11) is 0. The van der Waals surface area contributed by atoms with Gasteiger partial charge >= 0.3 is 0 Å². The Bertz CT molecular complexity index is 1010. The lowest BCUT2D eigenvalue weighted by molar-refractivity contribution is -0.124. The van der Waals surface area contributed by atoms with Gasteiger partial charge in [-0.05, 0) is 31.5 Å². The fraction of sp³-hybridized carbons (Fsp3) is 0.190. The first-order chi connectivity index (χ1) is 13.0. The van der Waals surface area contributed by atoms with E-state index in [-0.39, 0.29) is 18.0 Å². The van der Waals surface area contributed by atoms with Gasteiger partial charge in [0.2, 0.25) is 5.91 Å². The molecule has 1 aromatic heterocycles. The van der Waals surface area contributed by atoms with Crippen molar-refractivity contribution in [3.63, 3.8) is 0 Å². The smallest absolute Gasteiger partial charge is 0.267 e. The second-order valence-electron chi connectivity index (χ2n) is 6.35. The van der Waals surface area contributed by atoms with Crippen LogP contribution in [0.3, 0.4) is 0 Å². The molecule has 0 radical (unpaired) electrons. The van der Waals surface area contributed by atoms with Crippen LogP contribution in [0.2, 0.25) is 5.02 Å². The molecule has 0 aliphatic carbocycles. The van der Waals surface area contributed by atoms with Crippen molar-refractivity contribution in [1.29, 1.82) is 0 Å². The number of hydrogen-bond donors (Lipinski definition) is 1. The molecule has 0 spiro atoms. The Labute approximate surface area is 162 Å². The number of carbonyl (C=O) groups is 1. The van der Waals surface area contributed by atoms with E-state index in [2.05, 4.69) is 10.4 Å². The van der Waals surface area contributed by atoms with Crippen molar-refractivity contribution in [3.8, 4) is 11.3 Å². The number of rotatable bonds is 5. The number of aryl methyl sites for hydroxylation is 1. The van der Waals surface area contributed by atoms with E-state index in [1.165, 1.54) is 10.7 Å². The van der Waals surface area contributed by atoms with Crippen LogP contribution in [0.5, 0.6) is 0 Å². The third-order valence-electron chi connectivity index (χ3n) is 4.33. The zero-order valence-electron chi connectivity index (χ0n) is 15.1. The maximum absolute atomic E-state index is 12.5. The van der Waals surface area contributed by atoms with Crippen molar-refractivity contribution in [2.24, 2.45) is 0 Å². The molecule has 1 atom stereocenters. The maximum Gasteiger partial charge on any atom is 0.267 e. The first-order valence-corrected chi connectivity index (χ1v) is 9.01. The highest BCUT2D eigenvalue weighted by molar-refractivity contribution is 6.31. The average molecular weight is 382 g/mol. The quantitative estimate of drug-likeness (QED) is 0.732. The molecule has 0 fully saturated rings. The van der Waals surface area contributed by atoms with Crippen LogP contribution in [-0.4, -0.2) is 15.7 Å². The number of benzene rings is 2. The molecule has 2 aromatic carbocycles. The molecule has 3 aromatic rings. The average Bonchev–Trinajstić information content (AvgIpc) is 2.67. The van der Waals surface area contributed by atoms with E-state index in [0.29, 0.717) is 10.7 Å². The van der Waals surface area contributed by atoms with Gasteiger partial charge in [0.25, 0.3) is 5.56 Å². The number of nitrogens with zero attached hydrogens (tertiary/aromatic N) is 2. The maximum atomic E-state index is 12.5. The number of amides is 1. The number of carbonyl (C=O) groups excluding carboxylic acids is 1. The molecule has 0 aliphatic heterocycles. The normalized spacial score (nSPS) is 11.8. The lowest BCUT2D eigenvalue weighted by Gasteiger charge is -2.15. The Balaban J connectivity index is 1.79. The van der Waals surface area contributed by atoms with Crippen LogP contribution in [-0.2, 0) is 11.3 Å². The van der Waals surface area contributed by atoms with Gasteiger partial charge in [-0.25, -0.2) is 4.68 Å². The molecule has 0 aliphatic rings. The van der Waals surface area contributed by atoms with Crippen molar-refractivity contribution < 1.29 is 4.79 Å². The molecule has 0 unspecified atom stereocenters. The van der Waals surface area contributed by atoms with Gasteiger partial charge in [0.15, 0.2) is 0 Å². The molecule has 6 heteroatoms. The molecule has 0 saturated heterocycles. The van der Waals surface area contributed by atoms with Gasteiger partial charge in [0, 0.05) is 23.2 Å². The van der Waals surface area contributed by atoms with E-state index in [1.807, 2.05) is 49.4 Å². The summed E-state index contributed by atoms with van der Waals surface area (Å²) < 4.78 is 1.21. The van der Waals surface area contributed by atoms with Gasteiger partial charge in [0.1, 0.15) is 6.04 Å². The standard InChI is InChI=1S/C21H20ClN3O2/c1-14-7-9-16(10-8-14)19-11-12-20(26)25(24-19)15(2)21(27)23-13-17-5-3-4-6-18(17)22/h3-12,15H,13H2,1-2H3,(H,23,27)/t15-/m1/s1. The highest BCUT2D eigenvalue weighted by Gasteiger charge is 2.18. The van der Waals surface area contributed by atoms with Crippen LogP contribution >= 0.6 is 11.6 Å². The van der Waals surface area contributed by atoms with Crippen LogP contribution in [0, 0.1) is 6.92 Å². The summed E-state index contributed by atoms with van der Waals surface area (Å²) >= 11 is 6.11. The van der Waals surface area contributed by atoms with Crippen LogP contribution in [0.4, 0.5) is 0 Å². The number of nitrogens with one attached hydrogen (secondary N) is 1. The van der Waals surface area contributed by atoms with Gasteiger partial charge < -0.3 is 5.32 Å². The summed E-state index contributed by atoms with van der Waals surface area (Å²) in [5.74, 6) is -0.300. The van der Waals surface area contributed by atoms with Gasteiger partial charge in [0.05, 0.1) is 5.69 Å². The zero-order valence-corrected chi connectivity index (χ0v) is 15.9. The Hall–Kier alpha value is -2.92. The molecule has 138 valence electrons. The third kappa shape index (κ3) is 4.44. The Morgan fingerprint density at radius 1 is 1.11 bits per heavy atom. The number of hydrogen-bond acceptors (Lipinski definition) is 3. The van der Waals surface area contributed by atoms with Crippen molar-refractivity contribution >= 4 is 17.5 Å². The first kappa shape index (κ1) is 18.9. The minimum Gasteiger partial charge on any atom is -0.350 e. The van der Waals surface area contributed by atoms with Crippen molar-refractivity contribution in [2.75, 3.05) is 0 Å². The van der Waals surface area contributed by atoms with Crippen molar-refractivity contribution in [2.45, 2.75) is 26.4 Å². The highest BCUT2D eigenvalue weighted by atomic mass is 35.5. The lowest BCUT2D eigenvalue weighted by Crippen LogP contribution is -2.36. The molecular weight excluding hydrogens is 362 g/mol. The van der Waals surface area contributed by atoms with E-state index in [1.54, 1.807) is 19.1 Å². The summed E-state index contributed by atoms with van der Waals surface area (Å²) in [4.78, 5) is 24.7. The molecule has 0 saturated carbocycles. The largest absolute Gasteiger partial charge is 0.350 e. The highest BCUT2D eigenvalue weighted by Crippen LogP contribution is 2.17. The molecule has 3 rings (SSSR count). The minimum absolute atomic E-state index is 0.287. The summed E-state index contributed by atoms with van der Waals surface area (Å²) in [5.41, 5.74) is 3.15. The molecular formula is C21H20ClN3O2. The monoisotopic (exact) mass is 381 g/mol. The van der Waals surface area contributed by atoms with Crippen molar-refractivity contribution in [3.05, 3.63) is 87.2 Å². The minimum atomic E-state index is -0.745. The lowest BCUT2D eigenvalue weighted by atomic mass is 10.1. The topological polar surface area (TPSA) is 64.0 Å². The van der Waals surface area contributed by atoms with Gasteiger partial charge in [-0.3, -0.25) is 9.59 Å². The summed E-state index contributed by atoms with van der Waals surface area (Å²) in [5, 5.41) is 7.78. The predicted molar refractivity (Wildman–Crippen MR) is 107 cm³/mol. The molecule has 1 N–H and O–H groups in total. The second kappa shape index (κ2) is 8.18. The van der Waals surface area contributed by atoms with E-state index in [4.69, 9.17) is 11.6 Å². The molecule has 1 heterocycles. The summed E-state index contributed by atoms with van der Waals surface area (Å²) in [6.07, 6.45) is 0. The molecule has 27 heavy (non-hydrogen) atoms. The number of halogens is 1. The zero-order chi connectivity index (χ0) is 19.4. The van der Waals surface area contributed by atoms with Crippen LogP contribution < -0.4 is 10.9 Å².